The lowest BCUT2D eigenvalue weighted by atomic mass is 10.1. The fraction of sp³-hybridized carbons (Fsp3) is 0.115. The molecule has 33 heavy (non-hydrogen) atoms. The van der Waals surface area contributed by atoms with Crippen LogP contribution in [-0.4, -0.2) is 25.0 Å². The second kappa shape index (κ2) is 12.1. The van der Waals surface area contributed by atoms with Crippen LogP contribution >= 0.6 is 11.6 Å². The van der Waals surface area contributed by atoms with Gasteiger partial charge in [0.15, 0.2) is 6.61 Å². The molecule has 0 spiro atoms. The zero-order valence-electron chi connectivity index (χ0n) is 17.8. The van der Waals surface area contributed by atoms with Crippen molar-refractivity contribution < 1.29 is 14.3 Å². The van der Waals surface area contributed by atoms with E-state index >= 15 is 0 Å². The first-order valence-electron chi connectivity index (χ1n) is 10.3. The van der Waals surface area contributed by atoms with Crippen molar-refractivity contribution in [2.45, 2.75) is 6.42 Å². The molecule has 2 N–H and O–H groups in total. The summed E-state index contributed by atoms with van der Waals surface area (Å²) in [6.45, 7) is 0.249. The third kappa shape index (κ3) is 7.53. The van der Waals surface area contributed by atoms with Crippen molar-refractivity contribution in [1.82, 2.24) is 5.32 Å². The Morgan fingerprint density at radius 2 is 1.67 bits per heavy atom. The molecule has 6 nitrogen and oxygen atoms in total. The number of nitriles is 1. The first kappa shape index (κ1) is 23.6. The largest absolute Gasteiger partial charge is 0.484 e. The van der Waals surface area contributed by atoms with E-state index in [1.54, 1.807) is 48.5 Å². The van der Waals surface area contributed by atoms with Gasteiger partial charge in [-0.2, -0.15) is 5.26 Å². The van der Waals surface area contributed by atoms with Gasteiger partial charge in [-0.05, 0) is 47.9 Å². The van der Waals surface area contributed by atoms with Crippen LogP contribution in [0.3, 0.4) is 0 Å². The molecule has 166 valence electrons. The lowest BCUT2D eigenvalue weighted by Gasteiger charge is -2.09. The monoisotopic (exact) mass is 459 g/mol. The lowest BCUT2D eigenvalue weighted by molar-refractivity contribution is -0.118. The van der Waals surface area contributed by atoms with Crippen molar-refractivity contribution in [3.05, 3.63) is 101 Å². The second-order valence-electron chi connectivity index (χ2n) is 7.05. The molecule has 0 bridgehead atoms. The minimum absolute atomic E-state index is 0.0100. The second-order valence-corrected chi connectivity index (χ2v) is 7.45. The smallest absolute Gasteiger partial charge is 0.262 e. The summed E-state index contributed by atoms with van der Waals surface area (Å²) >= 11 is 6.02. The van der Waals surface area contributed by atoms with E-state index in [0.29, 0.717) is 35.0 Å². The molecular formula is C26H22ClN3O3. The molecule has 2 amide bonds. The Labute approximate surface area is 197 Å². The van der Waals surface area contributed by atoms with Crippen LogP contribution in [0.2, 0.25) is 5.02 Å². The summed E-state index contributed by atoms with van der Waals surface area (Å²) in [5, 5.41) is 15.2. The van der Waals surface area contributed by atoms with Crippen LogP contribution in [0.1, 0.15) is 11.1 Å². The van der Waals surface area contributed by atoms with Crippen LogP contribution in [-0.2, 0) is 16.0 Å². The normalized spacial score (nSPS) is 10.7. The van der Waals surface area contributed by atoms with Gasteiger partial charge >= 0.3 is 0 Å². The fourth-order valence-corrected chi connectivity index (χ4v) is 3.12. The molecule has 0 aliphatic rings. The fourth-order valence-electron chi connectivity index (χ4n) is 2.93. The molecule has 3 aromatic rings. The summed E-state index contributed by atoms with van der Waals surface area (Å²) in [5.74, 6) is -0.289. The van der Waals surface area contributed by atoms with Crippen LogP contribution in [0, 0.1) is 11.3 Å². The molecule has 0 atom stereocenters. The van der Waals surface area contributed by atoms with Crippen molar-refractivity contribution in [3.63, 3.8) is 0 Å². The standard InChI is InChI=1S/C26H22ClN3O3/c27-23-8-4-5-9-24(23)30-25(31)18-33-22-12-10-20(11-13-22)16-21(17-28)26(32)29-15-14-19-6-2-1-3-7-19/h1-13,16H,14-15,18H2,(H,29,32)(H,30,31)/b21-16+. The number of nitrogens with zero attached hydrogens (tertiary/aromatic N) is 1. The van der Waals surface area contributed by atoms with E-state index in [9.17, 15) is 14.9 Å². The minimum Gasteiger partial charge on any atom is -0.484 e. The van der Waals surface area contributed by atoms with E-state index in [-0.39, 0.29) is 18.1 Å². The molecule has 0 saturated carbocycles. The Morgan fingerprint density at radius 1 is 0.970 bits per heavy atom. The Hall–Kier alpha value is -4.08. The Bertz CT molecular complexity index is 1170. The molecule has 0 aliphatic heterocycles. The van der Waals surface area contributed by atoms with Gasteiger partial charge in [-0.1, -0.05) is 66.2 Å². The van der Waals surface area contributed by atoms with E-state index < -0.39 is 5.91 Å². The number of hydrogen-bond donors (Lipinski definition) is 2. The van der Waals surface area contributed by atoms with Crippen molar-refractivity contribution in [2.75, 3.05) is 18.5 Å². The highest BCUT2D eigenvalue weighted by molar-refractivity contribution is 6.33. The molecule has 0 heterocycles. The minimum atomic E-state index is -0.426. The van der Waals surface area contributed by atoms with E-state index in [1.807, 2.05) is 36.4 Å². The number of carbonyl (C=O) groups excluding carboxylic acids is 2. The maximum atomic E-state index is 12.3. The number of carbonyl (C=O) groups is 2. The molecular weight excluding hydrogens is 438 g/mol. The van der Waals surface area contributed by atoms with Crippen LogP contribution in [0.5, 0.6) is 5.75 Å². The lowest BCUT2D eigenvalue weighted by Crippen LogP contribution is -2.26. The summed E-state index contributed by atoms with van der Waals surface area (Å²) in [7, 11) is 0. The predicted molar refractivity (Wildman–Crippen MR) is 129 cm³/mol. The summed E-state index contributed by atoms with van der Waals surface area (Å²) in [6, 6.07) is 25.4. The third-order valence-corrected chi connectivity index (χ3v) is 4.95. The van der Waals surface area contributed by atoms with Gasteiger partial charge in [-0.15, -0.1) is 0 Å². The topological polar surface area (TPSA) is 91.2 Å². The van der Waals surface area contributed by atoms with Crippen LogP contribution in [0.25, 0.3) is 6.08 Å². The van der Waals surface area contributed by atoms with Crippen molar-refractivity contribution in [2.24, 2.45) is 0 Å². The van der Waals surface area contributed by atoms with E-state index in [4.69, 9.17) is 16.3 Å². The highest BCUT2D eigenvalue weighted by Gasteiger charge is 2.09. The van der Waals surface area contributed by atoms with Crippen LogP contribution < -0.4 is 15.4 Å². The average molecular weight is 460 g/mol. The quantitative estimate of drug-likeness (QED) is 0.360. The zero-order valence-corrected chi connectivity index (χ0v) is 18.5. The van der Waals surface area contributed by atoms with Crippen molar-refractivity contribution in [3.8, 4) is 11.8 Å². The number of hydrogen-bond acceptors (Lipinski definition) is 4. The van der Waals surface area contributed by atoms with E-state index in [2.05, 4.69) is 10.6 Å². The van der Waals surface area contributed by atoms with Crippen molar-refractivity contribution in [1.29, 1.82) is 5.26 Å². The first-order valence-corrected chi connectivity index (χ1v) is 10.6. The molecule has 0 unspecified atom stereocenters. The zero-order chi connectivity index (χ0) is 23.5. The van der Waals surface area contributed by atoms with Gasteiger partial charge in [0, 0.05) is 6.54 Å². The Morgan fingerprint density at radius 3 is 2.36 bits per heavy atom. The first-order chi connectivity index (χ1) is 16.0. The number of halogens is 1. The Kier molecular flexibility index (Phi) is 8.63. The molecule has 0 radical (unpaired) electrons. The van der Waals surface area contributed by atoms with Gasteiger partial charge in [-0.25, -0.2) is 0 Å². The molecule has 3 rings (SSSR count). The van der Waals surface area contributed by atoms with E-state index in [0.717, 1.165) is 5.56 Å². The molecule has 3 aromatic carbocycles. The van der Waals surface area contributed by atoms with Crippen LogP contribution in [0.15, 0.2) is 84.4 Å². The maximum Gasteiger partial charge on any atom is 0.262 e. The highest BCUT2D eigenvalue weighted by Crippen LogP contribution is 2.20. The summed E-state index contributed by atoms with van der Waals surface area (Å²) in [4.78, 5) is 24.4. The molecule has 0 saturated heterocycles. The van der Waals surface area contributed by atoms with E-state index in [1.165, 1.54) is 6.08 Å². The summed E-state index contributed by atoms with van der Waals surface area (Å²) in [6.07, 6.45) is 2.19. The average Bonchev–Trinajstić information content (AvgIpc) is 2.84. The van der Waals surface area contributed by atoms with Gasteiger partial charge in [-0.3, -0.25) is 9.59 Å². The van der Waals surface area contributed by atoms with Gasteiger partial charge in [0.2, 0.25) is 0 Å². The number of ether oxygens (including phenoxy) is 1. The maximum absolute atomic E-state index is 12.3. The SMILES string of the molecule is N#C/C(=C\c1ccc(OCC(=O)Nc2ccccc2Cl)cc1)C(=O)NCCc1ccccc1. The number of nitrogens with one attached hydrogen (secondary N) is 2. The predicted octanol–water partition coefficient (Wildman–Crippen LogP) is 4.62. The summed E-state index contributed by atoms with van der Waals surface area (Å²) < 4.78 is 5.49. The molecule has 0 aliphatic carbocycles. The number of anilines is 1. The number of rotatable bonds is 9. The van der Waals surface area contributed by atoms with Gasteiger partial charge < -0.3 is 15.4 Å². The van der Waals surface area contributed by atoms with Crippen molar-refractivity contribution >= 4 is 35.2 Å². The summed E-state index contributed by atoms with van der Waals surface area (Å²) in [5.41, 5.74) is 2.30. The van der Waals surface area contributed by atoms with Gasteiger partial charge in [0.05, 0.1) is 10.7 Å². The third-order valence-electron chi connectivity index (χ3n) is 4.62. The molecule has 0 fully saturated rings. The van der Waals surface area contributed by atoms with Gasteiger partial charge in [0.1, 0.15) is 17.4 Å². The van der Waals surface area contributed by atoms with Gasteiger partial charge in [0.25, 0.3) is 11.8 Å². The number of amides is 2. The number of para-hydroxylation sites is 1. The van der Waals surface area contributed by atoms with Crippen LogP contribution in [0.4, 0.5) is 5.69 Å². The molecule has 0 aromatic heterocycles. The Balaban J connectivity index is 1.50. The number of benzene rings is 3. The highest BCUT2D eigenvalue weighted by atomic mass is 35.5. The molecule has 7 heteroatoms.